The second-order valence-electron chi connectivity index (χ2n) is 5.62. The van der Waals surface area contributed by atoms with E-state index in [0.717, 1.165) is 13.0 Å². The molecule has 1 atom stereocenters. The maximum atomic E-state index is 11.9. The standard InChI is InChI=1S/C13H20N4O2.ClH/c1-13(2)6-3-7-14-10(13)8-15-12(19)9-4-5-11(18)17-16-9;/h4-5,10,14H,3,6-8H2,1-2H3,(H,15,19)(H,17,18);1H. The van der Waals surface area contributed by atoms with Crippen molar-refractivity contribution in [3.8, 4) is 0 Å². The van der Waals surface area contributed by atoms with Crippen molar-refractivity contribution < 1.29 is 4.79 Å². The Bertz CT molecular complexity index is 495. The van der Waals surface area contributed by atoms with Gasteiger partial charge in [-0.2, -0.15) is 5.10 Å². The minimum absolute atomic E-state index is 0. The normalized spacial score (nSPS) is 20.8. The van der Waals surface area contributed by atoms with Crippen LogP contribution in [0.2, 0.25) is 0 Å². The maximum Gasteiger partial charge on any atom is 0.271 e. The second-order valence-corrected chi connectivity index (χ2v) is 5.62. The summed E-state index contributed by atoms with van der Waals surface area (Å²) in [6.07, 6.45) is 2.32. The minimum atomic E-state index is -0.313. The lowest BCUT2D eigenvalue weighted by Gasteiger charge is -2.39. The zero-order chi connectivity index (χ0) is 13.9. The molecule has 0 radical (unpaired) electrons. The lowest BCUT2D eigenvalue weighted by molar-refractivity contribution is 0.0923. The van der Waals surface area contributed by atoms with Crippen LogP contribution < -0.4 is 16.2 Å². The van der Waals surface area contributed by atoms with Crippen LogP contribution in [0.3, 0.4) is 0 Å². The number of halogens is 1. The van der Waals surface area contributed by atoms with Gasteiger partial charge in [-0.25, -0.2) is 5.10 Å². The van der Waals surface area contributed by atoms with E-state index in [2.05, 4.69) is 34.7 Å². The highest BCUT2D eigenvalue weighted by Gasteiger charge is 2.32. The molecule has 0 aromatic carbocycles. The molecule has 1 saturated heterocycles. The van der Waals surface area contributed by atoms with Crippen LogP contribution in [-0.4, -0.2) is 35.2 Å². The number of aromatic nitrogens is 2. The van der Waals surface area contributed by atoms with Gasteiger partial charge < -0.3 is 10.6 Å². The number of amides is 1. The summed E-state index contributed by atoms with van der Waals surface area (Å²) in [5.41, 5.74) is 0.0871. The molecule has 6 nitrogen and oxygen atoms in total. The van der Waals surface area contributed by atoms with Crippen LogP contribution in [-0.2, 0) is 0 Å². The molecule has 2 heterocycles. The van der Waals surface area contributed by atoms with Crippen molar-refractivity contribution in [1.29, 1.82) is 0 Å². The van der Waals surface area contributed by atoms with E-state index in [1.165, 1.54) is 18.6 Å². The molecule has 1 aromatic rings. The highest BCUT2D eigenvalue weighted by molar-refractivity contribution is 5.91. The van der Waals surface area contributed by atoms with Gasteiger partial charge in [-0.3, -0.25) is 9.59 Å². The number of aromatic amines is 1. The minimum Gasteiger partial charge on any atom is -0.349 e. The molecule has 0 saturated carbocycles. The molecule has 3 N–H and O–H groups in total. The van der Waals surface area contributed by atoms with Crippen LogP contribution in [0.5, 0.6) is 0 Å². The van der Waals surface area contributed by atoms with Gasteiger partial charge in [-0.05, 0) is 30.9 Å². The van der Waals surface area contributed by atoms with E-state index in [0.29, 0.717) is 6.54 Å². The lowest BCUT2D eigenvalue weighted by atomic mass is 9.77. The Morgan fingerprint density at radius 3 is 2.85 bits per heavy atom. The van der Waals surface area contributed by atoms with E-state index in [1.807, 2.05) is 0 Å². The van der Waals surface area contributed by atoms with Crippen LogP contribution in [0.15, 0.2) is 16.9 Å². The molecule has 0 bridgehead atoms. The number of nitrogens with one attached hydrogen (secondary N) is 3. The number of carbonyl (C=O) groups excluding carboxylic acids is 1. The first-order chi connectivity index (χ1) is 8.99. The number of hydrogen-bond acceptors (Lipinski definition) is 4. The molecule has 2 rings (SSSR count). The fourth-order valence-corrected chi connectivity index (χ4v) is 2.38. The van der Waals surface area contributed by atoms with E-state index in [9.17, 15) is 9.59 Å². The number of hydrogen-bond donors (Lipinski definition) is 3. The first-order valence-electron chi connectivity index (χ1n) is 6.56. The molecule has 0 aliphatic carbocycles. The molecule has 112 valence electrons. The quantitative estimate of drug-likeness (QED) is 0.767. The van der Waals surface area contributed by atoms with Crippen molar-refractivity contribution in [3.63, 3.8) is 0 Å². The van der Waals surface area contributed by atoms with Gasteiger partial charge in [0.1, 0.15) is 5.69 Å². The molecule has 7 heteroatoms. The molecular weight excluding hydrogens is 280 g/mol. The summed E-state index contributed by atoms with van der Waals surface area (Å²) >= 11 is 0. The zero-order valence-corrected chi connectivity index (χ0v) is 12.5. The van der Waals surface area contributed by atoms with Crippen LogP contribution in [0.25, 0.3) is 0 Å². The summed E-state index contributed by atoms with van der Waals surface area (Å²) in [5, 5.41) is 12.3. The van der Waals surface area contributed by atoms with Gasteiger partial charge in [-0.1, -0.05) is 13.8 Å². The molecule has 20 heavy (non-hydrogen) atoms. The predicted octanol–water partition coefficient (Wildman–Crippen LogP) is 0.700. The molecule has 1 aliphatic rings. The van der Waals surface area contributed by atoms with E-state index in [1.54, 1.807) is 0 Å². The first-order valence-corrected chi connectivity index (χ1v) is 6.56. The SMILES string of the molecule is CC1(C)CCCNC1CNC(=O)c1ccc(=O)[nH]n1.Cl. The van der Waals surface area contributed by atoms with E-state index in [4.69, 9.17) is 0 Å². The second kappa shape index (κ2) is 6.85. The summed E-state index contributed by atoms with van der Waals surface area (Å²) in [5.74, 6) is -0.264. The smallest absolute Gasteiger partial charge is 0.271 e. The van der Waals surface area contributed by atoms with E-state index in [-0.39, 0.29) is 41.0 Å². The Labute approximate surface area is 124 Å². The van der Waals surface area contributed by atoms with Crippen LogP contribution in [0.4, 0.5) is 0 Å². The Balaban J connectivity index is 0.00000200. The average molecular weight is 301 g/mol. The van der Waals surface area contributed by atoms with Crippen LogP contribution >= 0.6 is 12.4 Å². The summed E-state index contributed by atoms with van der Waals surface area (Å²) in [4.78, 5) is 22.8. The third-order valence-electron chi connectivity index (χ3n) is 3.71. The lowest BCUT2D eigenvalue weighted by Crippen LogP contribution is -2.52. The highest BCUT2D eigenvalue weighted by Crippen LogP contribution is 2.29. The van der Waals surface area contributed by atoms with Crippen molar-refractivity contribution in [2.24, 2.45) is 5.41 Å². The van der Waals surface area contributed by atoms with Crippen molar-refractivity contribution in [1.82, 2.24) is 20.8 Å². The molecule has 1 unspecified atom stereocenters. The molecule has 1 fully saturated rings. The number of nitrogens with zero attached hydrogens (tertiary/aromatic N) is 1. The summed E-state index contributed by atoms with van der Waals surface area (Å²) in [6.45, 7) is 5.95. The van der Waals surface area contributed by atoms with E-state index >= 15 is 0 Å². The summed E-state index contributed by atoms with van der Waals surface area (Å²) in [7, 11) is 0. The molecular formula is C13H21ClN4O2. The van der Waals surface area contributed by atoms with E-state index < -0.39 is 0 Å². The van der Waals surface area contributed by atoms with Crippen molar-refractivity contribution in [2.75, 3.05) is 13.1 Å². The molecule has 1 aromatic heterocycles. The van der Waals surface area contributed by atoms with Crippen molar-refractivity contribution in [3.05, 3.63) is 28.2 Å². The Hall–Kier alpha value is -1.40. The number of rotatable bonds is 3. The summed E-state index contributed by atoms with van der Waals surface area (Å²) in [6, 6.07) is 2.98. The Kier molecular flexibility index (Phi) is 5.71. The van der Waals surface area contributed by atoms with Gasteiger partial charge in [0.15, 0.2) is 0 Å². The molecule has 1 amide bonds. The number of piperidine rings is 1. The monoisotopic (exact) mass is 300 g/mol. The summed E-state index contributed by atoms with van der Waals surface area (Å²) < 4.78 is 0. The molecule has 0 spiro atoms. The van der Waals surface area contributed by atoms with Gasteiger partial charge >= 0.3 is 0 Å². The highest BCUT2D eigenvalue weighted by atomic mass is 35.5. The fraction of sp³-hybridized carbons (Fsp3) is 0.615. The topological polar surface area (TPSA) is 86.9 Å². The largest absolute Gasteiger partial charge is 0.349 e. The first kappa shape index (κ1) is 16.7. The van der Waals surface area contributed by atoms with Crippen LogP contribution in [0, 0.1) is 5.41 Å². The predicted molar refractivity (Wildman–Crippen MR) is 79.2 cm³/mol. The molecule has 1 aliphatic heterocycles. The number of H-pyrrole nitrogens is 1. The zero-order valence-electron chi connectivity index (χ0n) is 11.7. The van der Waals surface area contributed by atoms with Crippen molar-refractivity contribution in [2.45, 2.75) is 32.7 Å². The van der Waals surface area contributed by atoms with Gasteiger partial charge in [0.2, 0.25) is 0 Å². The maximum absolute atomic E-state index is 11.9. The number of carbonyl (C=O) groups is 1. The Morgan fingerprint density at radius 1 is 1.50 bits per heavy atom. The van der Waals surface area contributed by atoms with Crippen molar-refractivity contribution >= 4 is 18.3 Å². The Morgan fingerprint density at radius 2 is 2.25 bits per heavy atom. The van der Waals surface area contributed by atoms with Gasteiger partial charge in [0.25, 0.3) is 11.5 Å². The fourth-order valence-electron chi connectivity index (χ4n) is 2.38. The third kappa shape index (κ3) is 4.05. The van der Waals surface area contributed by atoms with Gasteiger partial charge in [0.05, 0.1) is 0 Å². The van der Waals surface area contributed by atoms with Crippen LogP contribution in [0.1, 0.15) is 37.2 Å². The van der Waals surface area contributed by atoms with Gasteiger partial charge in [0, 0.05) is 18.7 Å². The average Bonchev–Trinajstić information content (AvgIpc) is 2.37. The van der Waals surface area contributed by atoms with Gasteiger partial charge in [-0.15, -0.1) is 12.4 Å². The third-order valence-corrected chi connectivity index (χ3v) is 3.71.